The molecule has 0 amide bonds. The van der Waals surface area contributed by atoms with Gasteiger partial charge < -0.3 is 5.11 Å². The van der Waals surface area contributed by atoms with Gasteiger partial charge >= 0.3 is 0 Å². The number of para-hydroxylation sites is 1. The minimum absolute atomic E-state index is 0.280. The molecule has 0 saturated carbocycles. The van der Waals surface area contributed by atoms with Crippen molar-refractivity contribution in [1.29, 1.82) is 0 Å². The average molecular weight is 212 g/mol. The first-order valence-electron chi connectivity index (χ1n) is 5.65. The summed E-state index contributed by atoms with van der Waals surface area (Å²) in [4.78, 5) is 0. The fourth-order valence-corrected chi connectivity index (χ4v) is 2.10. The molecule has 0 aliphatic heterocycles. The van der Waals surface area contributed by atoms with Crippen LogP contribution < -0.4 is 0 Å². The molecule has 0 bridgehead atoms. The average Bonchev–Trinajstić information content (AvgIpc) is 2.34. The lowest BCUT2D eigenvalue weighted by Crippen LogP contribution is -1.99. The summed E-state index contributed by atoms with van der Waals surface area (Å²) in [7, 11) is 0. The van der Waals surface area contributed by atoms with E-state index in [1.165, 1.54) is 5.56 Å². The fourth-order valence-electron chi connectivity index (χ4n) is 2.10. The largest absolute Gasteiger partial charge is 0.508 e. The van der Waals surface area contributed by atoms with Crippen molar-refractivity contribution >= 4 is 0 Å². The van der Waals surface area contributed by atoms with Crippen LogP contribution in [0.1, 0.15) is 30.4 Å². The predicted octanol–water partition coefficient (Wildman–Crippen LogP) is 3.93. The molecule has 0 aliphatic carbocycles. The van der Waals surface area contributed by atoms with Crippen LogP contribution in [0.15, 0.2) is 54.6 Å². The molecule has 1 atom stereocenters. The van der Waals surface area contributed by atoms with Gasteiger partial charge in [0.25, 0.3) is 0 Å². The van der Waals surface area contributed by atoms with Crippen LogP contribution in [0.4, 0.5) is 0 Å². The second kappa shape index (κ2) is 4.84. The lowest BCUT2D eigenvalue weighted by Gasteiger charge is -2.16. The number of phenols is 1. The highest BCUT2D eigenvalue weighted by Gasteiger charge is 2.14. The SMILES string of the molecule is CC[C@@H](c1ccccc1)c1ccccc1O. The third kappa shape index (κ3) is 2.08. The molecule has 2 rings (SSSR count). The van der Waals surface area contributed by atoms with Gasteiger partial charge in [0.15, 0.2) is 0 Å². The van der Waals surface area contributed by atoms with E-state index in [2.05, 4.69) is 19.1 Å². The van der Waals surface area contributed by atoms with Crippen LogP contribution in [0.3, 0.4) is 0 Å². The Morgan fingerprint density at radius 2 is 1.56 bits per heavy atom. The lowest BCUT2D eigenvalue weighted by atomic mass is 9.89. The minimum atomic E-state index is 0.280. The Labute approximate surface area is 96.4 Å². The second-order valence-corrected chi connectivity index (χ2v) is 3.93. The van der Waals surface area contributed by atoms with E-state index in [-0.39, 0.29) is 5.92 Å². The van der Waals surface area contributed by atoms with Crippen LogP contribution in [0.25, 0.3) is 0 Å². The molecule has 0 spiro atoms. The molecule has 82 valence electrons. The summed E-state index contributed by atoms with van der Waals surface area (Å²) in [5, 5.41) is 9.87. The molecule has 0 radical (unpaired) electrons. The summed E-state index contributed by atoms with van der Waals surface area (Å²) in [6.07, 6.45) is 0.988. The maximum absolute atomic E-state index is 9.87. The maximum Gasteiger partial charge on any atom is 0.119 e. The summed E-state index contributed by atoms with van der Waals surface area (Å²) >= 11 is 0. The molecule has 1 N–H and O–H groups in total. The van der Waals surface area contributed by atoms with Crippen LogP contribution in [-0.2, 0) is 0 Å². The summed E-state index contributed by atoms with van der Waals surface area (Å²) < 4.78 is 0. The molecule has 1 nitrogen and oxygen atoms in total. The van der Waals surface area contributed by atoms with Crippen molar-refractivity contribution in [1.82, 2.24) is 0 Å². The summed E-state index contributed by atoms with van der Waals surface area (Å²) in [5.41, 5.74) is 2.27. The highest BCUT2D eigenvalue weighted by molar-refractivity contribution is 5.40. The van der Waals surface area contributed by atoms with E-state index in [9.17, 15) is 5.11 Å². The van der Waals surface area contributed by atoms with Crippen molar-refractivity contribution in [2.24, 2.45) is 0 Å². The van der Waals surface area contributed by atoms with Crippen molar-refractivity contribution in [2.45, 2.75) is 19.3 Å². The highest BCUT2D eigenvalue weighted by atomic mass is 16.3. The van der Waals surface area contributed by atoms with Gasteiger partial charge in [0.2, 0.25) is 0 Å². The van der Waals surface area contributed by atoms with Gasteiger partial charge in [0, 0.05) is 11.5 Å². The smallest absolute Gasteiger partial charge is 0.119 e. The van der Waals surface area contributed by atoms with E-state index in [0.29, 0.717) is 5.75 Å². The van der Waals surface area contributed by atoms with Gasteiger partial charge in [-0.25, -0.2) is 0 Å². The van der Waals surface area contributed by atoms with E-state index in [1.807, 2.05) is 36.4 Å². The Bertz CT molecular complexity index is 448. The molecule has 0 heterocycles. The van der Waals surface area contributed by atoms with Gasteiger partial charge in [0.05, 0.1) is 0 Å². The number of phenolic OH excluding ortho intramolecular Hbond substituents is 1. The molecule has 1 heteroatoms. The van der Waals surface area contributed by atoms with Gasteiger partial charge in [-0.15, -0.1) is 0 Å². The molecule has 0 aromatic heterocycles. The van der Waals surface area contributed by atoms with E-state index in [1.54, 1.807) is 6.07 Å². The Morgan fingerprint density at radius 1 is 0.938 bits per heavy atom. The van der Waals surface area contributed by atoms with Crippen molar-refractivity contribution in [3.05, 3.63) is 65.7 Å². The molecule has 2 aromatic rings. The van der Waals surface area contributed by atoms with Crippen molar-refractivity contribution in [3.63, 3.8) is 0 Å². The first-order chi connectivity index (χ1) is 7.83. The highest BCUT2D eigenvalue weighted by Crippen LogP contribution is 2.33. The molecule has 0 unspecified atom stereocenters. The quantitative estimate of drug-likeness (QED) is 0.817. The second-order valence-electron chi connectivity index (χ2n) is 3.93. The molecular weight excluding hydrogens is 196 g/mol. The zero-order valence-corrected chi connectivity index (χ0v) is 9.43. The summed E-state index contributed by atoms with van der Waals surface area (Å²) in [6, 6.07) is 17.9. The van der Waals surface area contributed by atoms with E-state index in [0.717, 1.165) is 12.0 Å². The van der Waals surface area contributed by atoms with Gasteiger partial charge in [-0.3, -0.25) is 0 Å². The van der Waals surface area contributed by atoms with Gasteiger partial charge in [-0.1, -0.05) is 55.5 Å². The van der Waals surface area contributed by atoms with Gasteiger partial charge in [-0.05, 0) is 18.1 Å². The number of rotatable bonds is 3. The van der Waals surface area contributed by atoms with Crippen LogP contribution in [0.5, 0.6) is 5.75 Å². The third-order valence-corrected chi connectivity index (χ3v) is 2.92. The molecule has 0 aliphatic rings. The molecule has 2 aromatic carbocycles. The minimum Gasteiger partial charge on any atom is -0.508 e. The van der Waals surface area contributed by atoms with Crippen molar-refractivity contribution in [3.8, 4) is 5.75 Å². The number of hydrogen-bond acceptors (Lipinski definition) is 1. The van der Waals surface area contributed by atoms with Crippen LogP contribution in [0, 0.1) is 0 Å². The van der Waals surface area contributed by atoms with E-state index < -0.39 is 0 Å². The monoisotopic (exact) mass is 212 g/mol. The van der Waals surface area contributed by atoms with Crippen LogP contribution in [0.2, 0.25) is 0 Å². The number of hydrogen-bond donors (Lipinski definition) is 1. The summed E-state index contributed by atoms with van der Waals surface area (Å²) in [5.74, 6) is 0.667. The summed E-state index contributed by atoms with van der Waals surface area (Å²) in [6.45, 7) is 2.14. The Balaban J connectivity index is 2.41. The predicted molar refractivity (Wildman–Crippen MR) is 66.7 cm³/mol. The van der Waals surface area contributed by atoms with Crippen molar-refractivity contribution in [2.75, 3.05) is 0 Å². The number of aromatic hydroxyl groups is 1. The normalized spacial score (nSPS) is 12.3. The topological polar surface area (TPSA) is 20.2 Å². The zero-order chi connectivity index (χ0) is 11.4. The van der Waals surface area contributed by atoms with Gasteiger partial charge in [0.1, 0.15) is 5.75 Å². The Morgan fingerprint density at radius 3 is 2.19 bits per heavy atom. The molecule has 16 heavy (non-hydrogen) atoms. The van der Waals surface area contributed by atoms with Crippen LogP contribution in [-0.4, -0.2) is 5.11 Å². The first kappa shape index (κ1) is 10.7. The maximum atomic E-state index is 9.87. The molecule has 0 saturated heterocycles. The fraction of sp³-hybridized carbons (Fsp3) is 0.200. The van der Waals surface area contributed by atoms with E-state index >= 15 is 0 Å². The lowest BCUT2D eigenvalue weighted by molar-refractivity contribution is 0.464. The van der Waals surface area contributed by atoms with Crippen molar-refractivity contribution < 1.29 is 5.11 Å². The molecular formula is C15H16O. The van der Waals surface area contributed by atoms with Gasteiger partial charge in [-0.2, -0.15) is 0 Å². The van der Waals surface area contributed by atoms with E-state index in [4.69, 9.17) is 0 Å². The van der Waals surface area contributed by atoms with Crippen LogP contribution >= 0.6 is 0 Å². The zero-order valence-electron chi connectivity index (χ0n) is 9.43. The number of benzene rings is 2. The third-order valence-electron chi connectivity index (χ3n) is 2.92. The molecule has 0 fully saturated rings. The Kier molecular flexibility index (Phi) is 3.25. The Hall–Kier alpha value is -1.76. The standard InChI is InChI=1S/C15H16O/c1-2-13(12-8-4-3-5-9-12)14-10-6-7-11-15(14)16/h3-11,13,16H,2H2,1H3/t13-/m0/s1. The first-order valence-corrected chi connectivity index (χ1v) is 5.65.